The fourth-order valence-electron chi connectivity index (χ4n) is 0.588. The van der Waals surface area contributed by atoms with Crippen molar-refractivity contribution in [3.8, 4) is 0 Å². The van der Waals surface area contributed by atoms with E-state index >= 15 is 0 Å². The zero-order valence-electron chi connectivity index (χ0n) is 10.7. The summed E-state index contributed by atoms with van der Waals surface area (Å²) in [5.74, 6) is -0.862. The molecule has 0 bridgehead atoms. The lowest BCUT2D eigenvalue weighted by atomic mass is 10.2. The van der Waals surface area contributed by atoms with Crippen LogP contribution >= 0.6 is 0 Å². The first kappa shape index (κ1) is 4.11. The van der Waals surface area contributed by atoms with Crippen LogP contribution in [-0.2, 0) is 6.18 Å². The molecule has 0 unspecified atom stereocenters. The van der Waals surface area contributed by atoms with Crippen molar-refractivity contribution in [1.29, 1.82) is 0 Å². The first-order chi connectivity index (χ1) is 7.46. The van der Waals surface area contributed by atoms with E-state index in [0.29, 0.717) is 0 Å². The molecule has 0 radical (unpaired) electrons. The second-order valence-electron chi connectivity index (χ2n) is 1.97. The third-order valence-electron chi connectivity index (χ3n) is 0.997. The zero-order chi connectivity index (χ0) is 13.6. The summed E-state index contributed by atoms with van der Waals surface area (Å²) in [7, 11) is 0. The molecule has 0 amide bonds. The number of halogens is 3. The fourth-order valence-corrected chi connectivity index (χ4v) is 0.588. The molecular formula is C7H7F3N2. The number of aromatic nitrogens is 1. The number of nitrogens with two attached hydrogens (primary N) is 1. The third-order valence-corrected chi connectivity index (χ3v) is 0.997. The highest BCUT2D eigenvalue weighted by Crippen LogP contribution is 2.28. The maximum atomic E-state index is 12.4. The summed E-state index contributed by atoms with van der Waals surface area (Å²) >= 11 is 0. The fraction of sp³-hybridized carbons (Fsp3) is 0.286. The highest BCUT2D eigenvalue weighted by atomic mass is 19.4. The van der Waals surface area contributed by atoms with E-state index in [1.54, 1.807) is 0 Å². The molecule has 12 heavy (non-hydrogen) atoms. The lowest BCUT2D eigenvalue weighted by Gasteiger charge is -2.06. The zero-order valence-corrected chi connectivity index (χ0v) is 5.66. The van der Waals surface area contributed by atoms with E-state index in [-0.39, 0.29) is 0 Å². The molecular weight excluding hydrogens is 169 g/mol. The number of nitrogens with zero attached hydrogens (tertiary/aromatic N) is 1. The van der Waals surface area contributed by atoms with Crippen molar-refractivity contribution in [3.63, 3.8) is 0 Å². The Morgan fingerprint density at radius 2 is 2.25 bits per heavy atom. The van der Waals surface area contributed by atoms with Gasteiger partial charge in [-0.1, -0.05) is 0 Å². The van der Waals surface area contributed by atoms with Crippen LogP contribution in [0.2, 0.25) is 0 Å². The summed E-state index contributed by atoms with van der Waals surface area (Å²) in [5, 5.41) is 0. The van der Waals surface area contributed by atoms with Gasteiger partial charge in [0, 0.05) is 4.11 Å². The van der Waals surface area contributed by atoms with E-state index in [0.717, 1.165) is 0 Å². The second kappa shape index (κ2) is 2.66. The Morgan fingerprint density at radius 1 is 1.58 bits per heavy atom. The van der Waals surface area contributed by atoms with Gasteiger partial charge in [0.05, 0.1) is 2.74 Å². The smallest absolute Gasteiger partial charge is 0.384 e. The molecule has 1 heterocycles. The minimum Gasteiger partial charge on any atom is -0.384 e. The predicted molar refractivity (Wildman–Crippen MR) is 38.4 cm³/mol. The van der Waals surface area contributed by atoms with Crippen molar-refractivity contribution in [3.05, 3.63) is 23.3 Å². The molecule has 0 aromatic carbocycles. The Balaban J connectivity index is 3.67. The minimum atomic E-state index is -4.99. The lowest BCUT2D eigenvalue weighted by Crippen LogP contribution is -2.09. The number of pyridine rings is 1. The highest BCUT2D eigenvalue weighted by molar-refractivity contribution is 5.34. The summed E-state index contributed by atoms with van der Waals surface area (Å²) < 4.78 is 72.8. The Kier molecular flexibility index (Phi) is 0.910. The van der Waals surface area contributed by atoms with Gasteiger partial charge in [0.25, 0.3) is 0 Å². The van der Waals surface area contributed by atoms with E-state index in [4.69, 9.17) is 12.6 Å². The number of alkyl halides is 3. The Bertz CT molecular complexity index is 454. The molecule has 0 aliphatic rings. The van der Waals surface area contributed by atoms with E-state index in [1.165, 1.54) is 0 Å². The largest absolute Gasteiger partial charge is 0.433 e. The number of nitrogen functional groups attached to an aromatic ring is 1. The monoisotopic (exact) mass is 181 g/mol. The Hall–Kier alpha value is -1.26. The van der Waals surface area contributed by atoms with E-state index < -0.39 is 42.2 Å². The molecule has 66 valence electrons. The van der Waals surface area contributed by atoms with Crippen LogP contribution in [0.1, 0.15) is 18.1 Å². The van der Waals surface area contributed by atoms with Crippen molar-refractivity contribution in [1.82, 2.24) is 4.98 Å². The number of hydrogen-bond acceptors (Lipinski definition) is 2. The number of anilines is 1. The molecule has 0 saturated heterocycles. The average molecular weight is 181 g/mol. The van der Waals surface area contributed by atoms with E-state index in [1.807, 2.05) is 0 Å². The molecule has 2 nitrogen and oxygen atoms in total. The lowest BCUT2D eigenvalue weighted by molar-refractivity contribution is -0.141. The summed E-state index contributed by atoms with van der Waals surface area (Å²) in [6, 6.07) is -2.21. The SMILES string of the molecule is [2H]c1c(N)nc(C(F)(F)F)c([2H])c1C([2H])([2H])[2H]. The quantitative estimate of drug-likeness (QED) is 0.664. The molecule has 0 aliphatic heterocycles. The Labute approximate surface area is 74.2 Å². The van der Waals surface area contributed by atoms with Crippen molar-refractivity contribution < 1.29 is 20.0 Å². The molecule has 0 atom stereocenters. The van der Waals surface area contributed by atoms with Crippen molar-refractivity contribution in [2.75, 3.05) is 5.73 Å². The van der Waals surface area contributed by atoms with Gasteiger partial charge in [-0.2, -0.15) is 13.2 Å². The number of hydrogen-bond donors (Lipinski definition) is 1. The van der Waals surface area contributed by atoms with Crippen LogP contribution in [-0.4, -0.2) is 4.98 Å². The Morgan fingerprint density at radius 3 is 2.75 bits per heavy atom. The van der Waals surface area contributed by atoms with Gasteiger partial charge in [-0.25, -0.2) is 4.98 Å². The molecule has 1 rings (SSSR count). The first-order valence-electron chi connectivity index (χ1n) is 5.30. The van der Waals surface area contributed by atoms with Crippen molar-refractivity contribution >= 4 is 5.82 Å². The van der Waals surface area contributed by atoms with Crippen molar-refractivity contribution in [2.24, 2.45) is 0 Å². The second-order valence-corrected chi connectivity index (χ2v) is 1.97. The topological polar surface area (TPSA) is 38.9 Å². The van der Waals surface area contributed by atoms with Crippen molar-refractivity contribution in [2.45, 2.75) is 13.0 Å². The molecule has 2 N–H and O–H groups in total. The van der Waals surface area contributed by atoms with Gasteiger partial charge in [-0.3, -0.25) is 0 Å². The normalized spacial score (nSPS) is 18.8. The van der Waals surface area contributed by atoms with Crippen LogP contribution in [0.3, 0.4) is 0 Å². The van der Waals surface area contributed by atoms with Gasteiger partial charge in [-0.05, 0) is 24.5 Å². The maximum Gasteiger partial charge on any atom is 0.433 e. The molecule has 0 fully saturated rings. The van der Waals surface area contributed by atoms with Crippen LogP contribution in [0.25, 0.3) is 0 Å². The molecule has 5 heteroatoms. The van der Waals surface area contributed by atoms with E-state index in [2.05, 4.69) is 4.98 Å². The van der Waals surface area contributed by atoms with Crippen LogP contribution in [0, 0.1) is 6.85 Å². The van der Waals surface area contributed by atoms with E-state index in [9.17, 15) is 13.2 Å². The standard InChI is InChI=1S/C7H7F3N2/c1-4-2-5(7(8,9)10)12-6(11)3-4/h2-3H,1H3,(H2,11,12)/i1D3,2D,3D. The van der Waals surface area contributed by atoms with Gasteiger partial charge >= 0.3 is 6.18 Å². The maximum absolute atomic E-state index is 12.4. The molecule has 0 spiro atoms. The first-order valence-corrected chi connectivity index (χ1v) is 2.80. The summed E-state index contributed by atoms with van der Waals surface area (Å²) in [5.41, 5.74) is 2.31. The summed E-state index contributed by atoms with van der Waals surface area (Å²) in [6.45, 7) is -3.02. The average Bonchev–Trinajstić information content (AvgIpc) is 2.07. The predicted octanol–water partition coefficient (Wildman–Crippen LogP) is 1.99. The van der Waals surface area contributed by atoms with Gasteiger partial charge < -0.3 is 5.73 Å². The van der Waals surface area contributed by atoms with Crippen LogP contribution < -0.4 is 5.73 Å². The van der Waals surface area contributed by atoms with Crippen LogP contribution in [0.4, 0.5) is 19.0 Å². The van der Waals surface area contributed by atoms with Gasteiger partial charge in [-0.15, -0.1) is 0 Å². The van der Waals surface area contributed by atoms with Gasteiger partial charge in [0.2, 0.25) is 0 Å². The van der Waals surface area contributed by atoms with Gasteiger partial charge in [0.15, 0.2) is 0 Å². The number of rotatable bonds is 0. The molecule has 1 aromatic rings. The minimum absolute atomic E-state index is 0.862. The summed E-state index contributed by atoms with van der Waals surface area (Å²) in [6.07, 6.45) is -4.99. The van der Waals surface area contributed by atoms with Gasteiger partial charge in [0.1, 0.15) is 11.5 Å². The summed E-state index contributed by atoms with van der Waals surface area (Å²) in [4.78, 5) is 2.85. The van der Waals surface area contributed by atoms with Crippen LogP contribution in [0.15, 0.2) is 12.1 Å². The molecule has 0 saturated carbocycles. The molecule has 0 aliphatic carbocycles. The highest BCUT2D eigenvalue weighted by Gasteiger charge is 2.32. The molecule has 1 aromatic heterocycles. The third kappa shape index (κ3) is 1.87. The van der Waals surface area contributed by atoms with Crippen LogP contribution in [0.5, 0.6) is 0 Å².